The van der Waals surface area contributed by atoms with E-state index in [-0.39, 0.29) is 0 Å². The van der Waals surface area contributed by atoms with Crippen LogP contribution in [0.25, 0.3) is 0 Å². The Morgan fingerprint density at radius 3 is 2.80 bits per heavy atom. The van der Waals surface area contributed by atoms with Crippen molar-refractivity contribution in [1.29, 1.82) is 0 Å². The first-order chi connectivity index (χ1) is 7.26. The minimum Gasteiger partial charge on any atom is -0.300 e. The van der Waals surface area contributed by atoms with Crippen molar-refractivity contribution in [2.75, 3.05) is 0 Å². The average Bonchev–Trinajstić information content (AvgIpc) is 2.64. The Balaban J connectivity index is 2.34. The Hall–Kier alpha value is -1.12. The largest absolute Gasteiger partial charge is 0.300 e. The van der Waals surface area contributed by atoms with E-state index < -0.39 is 0 Å². The summed E-state index contributed by atoms with van der Waals surface area (Å²) >= 11 is 0. The van der Waals surface area contributed by atoms with Crippen LogP contribution in [0.3, 0.4) is 0 Å². The number of rotatable bonds is 7. The Morgan fingerprint density at radius 1 is 1.33 bits per heavy atom. The smallest absolute Gasteiger partial charge is 0.133 e. The lowest BCUT2D eigenvalue weighted by Gasteiger charge is -1.97. The maximum atomic E-state index is 11.3. The topological polar surface area (TPSA) is 34.9 Å². The van der Waals surface area contributed by atoms with Gasteiger partial charge in [-0.25, -0.2) is 0 Å². The number of aryl methyl sites for hydroxylation is 2. The third-order valence-corrected chi connectivity index (χ3v) is 2.36. The fourth-order valence-electron chi connectivity index (χ4n) is 1.57. The maximum Gasteiger partial charge on any atom is 0.133 e. The van der Waals surface area contributed by atoms with E-state index in [4.69, 9.17) is 0 Å². The monoisotopic (exact) mass is 208 g/mol. The number of nitrogens with zero attached hydrogens (tertiary/aromatic N) is 2. The zero-order chi connectivity index (χ0) is 11.1. The lowest BCUT2D eigenvalue weighted by atomic mass is 10.1. The highest BCUT2D eigenvalue weighted by Gasteiger charge is 2.03. The first-order valence-electron chi connectivity index (χ1n) is 5.79. The van der Waals surface area contributed by atoms with E-state index >= 15 is 0 Å². The van der Waals surface area contributed by atoms with Crippen LogP contribution in [0.1, 0.15) is 45.1 Å². The molecule has 15 heavy (non-hydrogen) atoms. The fourth-order valence-corrected chi connectivity index (χ4v) is 1.57. The van der Waals surface area contributed by atoms with Gasteiger partial charge >= 0.3 is 0 Å². The molecule has 0 fully saturated rings. The van der Waals surface area contributed by atoms with Crippen molar-refractivity contribution in [2.24, 2.45) is 0 Å². The molecule has 0 aliphatic carbocycles. The van der Waals surface area contributed by atoms with E-state index in [2.05, 4.69) is 12.0 Å². The summed E-state index contributed by atoms with van der Waals surface area (Å²) in [5.74, 6) is 0.362. The van der Waals surface area contributed by atoms with Gasteiger partial charge in [0.2, 0.25) is 0 Å². The lowest BCUT2D eigenvalue weighted by Crippen LogP contribution is -1.99. The van der Waals surface area contributed by atoms with Gasteiger partial charge in [0.1, 0.15) is 5.78 Å². The lowest BCUT2D eigenvalue weighted by molar-refractivity contribution is -0.119. The molecule has 0 aromatic carbocycles. The third kappa shape index (κ3) is 4.28. The molecule has 84 valence electrons. The molecule has 3 heteroatoms. The number of aromatic nitrogens is 2. The Labute approximate surface area is 91.5 Å². The van der Waals surface area contributed by atoms with Crippen molar-refractivity contribution in [3.05, 3.63) is 18.0 Å². The molecule has 1 rings (SSSR count). The number of Topliss-reactive ketones (excluding diaryl/α,β-unsaturated/α-hetero) is 1. The van der Waals surface area contributed by atoms with Gasteiger partial charge in [-0.2, -0.15) is 5.10 Å². The molecule has 1 aromatic heterocycles. The number of ketones is 1. The van der Waals surface area contributed by atoms with E-state index in [1.54, 1.807) is 0 Å². The molecule has 1 aromatic rings. The van der Waals surface area contributed by atoms with Gasteiger partial charge in [0.05, 0.1) is 6.20 Å². The van der Waals surface area contributed by atoms with E-state index in [0.29, 0.717) is 18.6 Å². The molecule has 3 nitrogen and oxygen atoms in total. The Morgan fingerprint density at radius 2 is 2.13 bits per heavy atom. The fraction of sp³-hybridized carbons (Fsp3) is 0.667. The normalized spacial score (nSPS) is 10.5. The number of hydrogen-bond acceptors (Lipinski definition) is 2. The van der Waals surface area contributed by atoms with Gasteiger partial charge in [-0.1, -0.05) is 13.8 Å². The SMILES string of the molecule is CCCC(=O)CCc1cnn(CCC)c1. The van der Waals surface area contributed by atoms with Crippen molar-refractivity contribution < 1.29 is 4.79 Å². The average molecular weight is 208 g/mol. The van der Waals surface area contributed by atoms with Crippen LogP contribution in [0.15, 0.2) is 12.4 Å². The summed E-state index contributed by atoms with van der Waals surface area (Å²) in [5.41, 5.74) is 1.17. The van der Waals surface area contributed by atoms with E-state index in [9.17, 15) is 4.79 Å². The van der Waals surface area contributed by atoms with Crippen molar-refractivity contribution in [3.8, 4) is 0 Å². The van der Waals surface area contributed by atoms with Gasteiger partial charge in [-0.05, 0) is 24.8 Å². The van der Waals surface area contributed by atoms with Crippen molar-refractivity contribution in [1.82, 2.24) is 9.78 Å². The van der Waals surface area contributed by atoms with Crippen LogP contribution in [-0.2, 0) is 17.8 Å². The molecule has 0 N–H and O–H groups in total. The standard InChI is InChI=1S/C12H20N2O/c1-3-5-12(15)7-6-11-9-13-14(10-11)8-4-2/h9-10H,3-8H2,1-2H3. The van der Waals surface area contributed by atoms with E-state index in [1.165, 1.54) is 5.56 Å². The van der Waals surface area contributed by atoms with Gasteiger partial charge in [-0.15, -0.1) is 0 Å². The van der Waals surface area contributed by atoms with Crippen molar-refractivity contribution in [3.63, 3.8) is 0 Å². The van der Waals surface area contributed by atoms with Crippen LogP contribution in [0.5, 0.6) is 0 Å². The molecular formula is C12H20N2O. The van der Waals surface area contributed by atoms with Gasteiger partial charge in [0.25, 0.3) is 0 Å². The number of hydrogen-bond donors (Lipinski definition) is 0. The molecule has 0 atom stereocenters. The highest BCUT2D eigenvalue weighted by atomic mass is 16.1. The van der Waals surface area contributed by atoms with Gasteiger partial charge < -0.3 is 0 Å². The number of carbonyl (C=O) groups excluding carboxylic acids is 1. The van der Waals surface area contributed by atoms with Crippen molar-refractivity contribution in [2.45, 2.75) is 52.5 Å². The molecule has 0 aliphatic heterocycles. The molecule has 0 unspecified atom stereocenters. The molecule has 0 saturated heterocycles. The van der Waals surface area contributed by atoms with Crippen LogP contribution >= 0.6 is 0 Å². The van der Waals surface area contributed by atoms with Crippen LogP contribution in [0.2, 0.25) is 0 Å². The van der Waals surface area contributed by atoms with Crippen LogP contribution in [0.4, 0.5) is 0 Å². The quantitative estimate of drug-likeness (QED) is 0.690. The Bertz CT molecular complexity index is 304. The second-order valence-corrected chi connectivity index (χ2v) is 3.90. The minimum absolute atomic E-state index is 0.362. The highest BCUT2D eigenvalue weighted by Crippen LogP contribution is 2.05. The highest BCUT2D eigenvalue weighted by molar-refractivity contribution is 5.78. The number of carbonyl (C=O) groups is 1. The minimum atomic E-state index is 0.362. The molecule has 0 bridgehead atoms. The molecule has 0 radical (unpaired) electrons. The molecule has 0 spiro atoms. The van der Waals surface area contributed by atoms with E-state index in [0.717, 1.165) is 25.8 Å². The molecule has 0 amide bonds. The van der Waals surface area contributed by atoms with Crippen LogP contribution in [-0.4, -0.2) is 15.6 Å². The maximum absolute atomic E-state index is 11.3. The van der Waals surface area contributed by atoms with Crippen LogP contribution in [0, 0.1) is 0 Å². The summed E-state index contributed by atoms with van der Waals surface area (Å²) in [7, 11) is 0. The molecule has 0 aliphatic rings. The van der Waals surface area contributed by atoms with Gasteiger partial charge in [0.15, 0.2) is 0 Å². The van der Waals surface area contributed by atoms with E-state index in [1.807, 2.05) is 24.0 Å². The summed E-state index contributed by atoms with van der Waals surface area (Å²) in [4.78, 5) is 11.3. The predicted molar refractivity (Wildman–Crippen MR) is 60.8 cm³/mol. The predicted octanol–water partition coefficient (Wildman–Crippen LogP) is 2.59. The summed E-state index contributed by atoms with van der Waals surface area (Å²) in [6, 6.07) is 0. The van der Waals surface area contributed by atoms with Gasteiger partial charge in [-0.3, -0.25) is 9.48 Å². The van der Waals surface area contributed by atoms with Gasteiger partial charge in [0, 0.05) is 25.6 Å². The van der Waals surface area contributed by atoms with Crippen molar-refractivity contribution >= 4 is 5.78 Å². The molecule has 1 heterocycles. The summed E-state index contributed by atoms with van der Waals surface area (Å²) < 4.78 is 1.94. The molecular weight excluding hydrogens is 188 g/mol. The first kappa shape index (κ1) is 12.0. The summed E-state index contributed by atoms with van der Waals surface area (Å²) in [5, 5.41) is 4.24. The molecule has 0 saturated carbocycles. The third-order valence-electron chi connectivity index (χ3n) is 2.36. The summed E-state index contributed by atoms with van der Waals surface area (Å²) in [6.07, 6.45) is 8.17. The Kier molecular flexibility index (Phi) is 5.08. The first-order valence-corrected chi connectivity index (χ1v) is 5.79. The second-order valence-electron chi connectivity index (χ2n) is 3.90. The zero-order valence-electron chi connectivity index (χ0n) is 9.70. The van der Waals surface area contributed by atoms with Crippen LogP contribution < -0.4 is 0 Å². The summed E-state index contributed by atoms with van der Waals surface area (Å²) in [6.45, 7) is 5.13. The zero-order valence-corrected chi connectivity index (χ0v) is 9.70. The second kappa shape index (κ2) is 6.38.